The summed E-state index contributed by atoms with van der Waals surface area (Å²) in [5.74, 6) is 0. The van der Waals surface area contributed by atoms with Crippen LogP contribution in [0, 0.1) is 0 Å². The average Bonchev–Trinajstić information content (AvgIpc) is 2.85. The van der Waals surface area contributed by atoms with E-state index in [2.05, 4.69) is 60.9 Å². The monoisotopic (exact) mass is 280 g/mol. The molecule has 0 unspecified atom stereocenters. The second-order valence-electron chi connectivity index (χ2n) is 5.79. The van der Waals surface area contributed by atoms with E-state index in [1.54, 1.807) is 0 Å². The summed E-state index contributed by atoms with van der Waals surface area (Å²) in [5.41, 5.74) is 10.2. The Morgan fingerprint density at radius 1 is 1.00 bits per heavy atom. The van der Waals surface area contributed by atoms with Crippen molar-refractivity contribution in [3.63, 3.8) is 0 Å². The first-order valence-corrected chi connectivity index (χ1v) is 8.02. The maximum atomic E-state index is 6.35. The molecule has 0 aliphatic heterocycles. The predicted octanol–water partition coefficient (Wildman–Crippen LogP) is 5.00. The van der Waals surface area contributed by atoms with Gasteiger partial charge in [-0.25, -0.2) is 0 Å². The lowest BCUT2D eigenvalue weighted by Gasteiger charge is -2.12. The van der Waals surface area contributed by atoms with Crippen molar-refractivity contribution in [3.05, 3.63) is 48.0 Å². The third-order valence-corrected chi connectivity index (χ3v) is 4.41. The molecule has 1 heterocycles. The first-order valence-electron chi connectivity index (χ1n) is 8.02. The molecule has 21 heavy (non-hydrogen) atoms. The van der Waals surface area contributed by atoms with E-state index >= 15 is 0 Å². The Labute approximate surface area is 126 Å². The number of hydrogen-bond donors (Lipinski definition) is 1. The molecule has 2 nitrogen and oxygen atoms in total. The van der Waals surface area contributed by atoms with Gasteiger partial charge in [0, 0.05) is 34.4 Å². The second-order valence-corrected chi connectivity index (χ2v) is 5.79. The van der Waals surface area contributed by atoms with Crippen LogP contribution in [0.4, 0.5) is 0 Å². The van der Waals surface area contributed by atoms with Crippen LogP contribution in [0.15, 0.2) is 42.5 Å². The molecule has 0 radical (unpaired) electrons. The van der Waals surface area contributed by atoms with Gasteiger partial charge >= 0.3 is 0 Å². The van der Waals surface area contributed by atoms with Crippen LogP contribution >= 0.6 is 0 Å². The van der Waals surface area contributed by atoms with Gasteiger partial charge in [-0.15, -0.1) is 0 Å². The Morgan fingerprint density at radius 3 is 2.52 bits per heavy atom. The lowest BCUT2D eigenvalue weighted by atomic mass is 10.00. The zero-order chi connectivity index (χ0) is 14.8. The SMILES string of the molecule is CCCC[C@H](N)c1ccc2c(c1)c1ccccc1n2CC. The molecule has 0 saturated carbocycles. The van der Waals surface area contributed by atoms with E-state index in [9.17, 15) is 0 Å². The number of aromatic nitrogens is 1. The Balaban J connectivity index is 2.15. The normalized spacial score (nSPS) is 13.1. The minimum atomic E-state index is 0.151. The van der Waals surface area contributed by atoms with E-state index < -0.39 is 0 Å². The first kappa shape index (κ1) is 14.2. The van der Waals surface area contributed by atoms with E-state index in [1.165, 1.54) is 40.2 Å². The van der Waals surface area contributed by atoms with Crippen molar-refractivity contribution >= 4 is 21.8 Å². The molecule has 2 aromatic carbocycles. The van der Waals surface area contributed by atoms with Crippen LogP contribution in [0.5, 0.6) is 0 Å². The molecule has 0 bridgehead atoms. The highest BCUT2D eigenvalue weighted by molar-refractivity contribution is 6.08. The van der Waals surface area contributed by atoms with E-state index in [0.29, 0.717) is 0 Å². The number of benzene rings is 2. The van der Waals surface area contributed by atoms with Crippen LogP contribution in [0.2, 0.25) is 0 Å². The fourth-order valence-corrected chi connectivity index (χ4v) is 3.23. The quantitative estimate of drug-likeness (QED) is 0.700. The van der Waals surface area contributed by atoms with Gasteiger partial charge in [-0.1, -0.05) is 44.0 Å². The van der Waals surface area contributed by atoms with Crippen LogP contribution in [0.25, 0.3) is 21.8 Å². The minimum absolute atomic E-state index is 0.151. The second kappa shape index (κ2) is 5.90. The highest BCUT2D eigenvalue weighted by Crippen LogP contribution is 2.31. The first-order chi connectivity index (χ1) is 10.3. The lowest BCUT2D eigenvalue weighted by Crippen LogP contribution is -2.09. The van der Waals surface area contributed by atoms with E-state index in [-0.39, 0.29) is 6.04 Å². The van der Waals surface area contributed by atoms with Gasteiger partial charge in [0.25, 0.3) is 0 Å². The molecule has 110 valence electrons. The number of hydrogen-bond acceptors (Lipinski definition) is 1. The summed E-state index contributed by atoms with van der Waals surface area (Å²) in [4.78, 5) is 0. The molecule has 0 spiro atoms. The number of nitrogens with zero attached hydrogens (tertiary/aromatic N) is 1. The highest BCUT2D eigenvalue weighted by atomic mass is 15.0. The largest absolute Gasteiger partial charge is 0.341 e. The number of nitrogens with two attached hydrogens (primary N) is 1. The summed E-state index contributed by atoms with van der Waals surface area (Å²) >= 11 is 0. The summed E-state index contributed by atoms with van der Waals surface area (Å²) in [7, 11) is 0. The van der Waals surface area contributed by atoms with Gasteiger partial charge in [-0.3, -0.25) is 0 Å². The van der Waals surface area contributed by atoms with Crippen LogP contribution in [0.1, 0.15) is 44.7 Å². The molecule has 2 heteroatoms. The molecule has 1 atom stereocenters. The van der Waals surface area contributed by atoms with Crippen molar-refractivity contribution in [2.24, 2.45) is 5.73 Å². The zero-order valence-electron chi connectivity index (χ0n) is 13.0. The van der Waals surface area contributed by atoms with Crippen molar-refractivity contribution in [1.29, 1.82) is 0 Å². The van der Waals surface area contributed by atoms with E-state index in [1.807, 2.05) is 0 Å². The number of para-hydroxylation sites is 1. The van der Waals surface area contributed by atoms with Crippen molar-refractivity contribution in [3.8, 4) is 0 Å². The van der Waals surface area contributed by atoms with Crippen molar-refractivity contribution in [2.75, 3.05) is 0 Å². The molecule has 0 saturated heterocycles. The topological polar surface area (TPSA) is 30.9 Å². The molecular weight excluding hydrogens is 256 g/mol. The fraction of sp³-hybridized carbons (Fsp3) is 0.368. The molecule has 0 aliphatic rings. The molecule has 2 N–H and O–H groups in total. The number of rotatable bonds is 5. The van der Waals surface area contributed by atoms with Gasteiger partial charge in [0.1, 0.15) is 0 Å². The van der Waals surface area contributed by atoms with Crippen molar-refractivity contribution in [1.82, 2.24) is 4.57 Å². The van der Waals surface area contributed by atoms with Crippen LogP contribution in [0.3, 0.4) is 0 Å². The Bertz CT molecular complexity index is 755. The summed E-state index contributed by atoms with van der Waals surface area (Å²) in [6.45, 7) is 5.41. The van der Waals surface area contributed by atoms with Crippen LogP contribution in [-0.4, -0.2) is 4.57 Å². The molecule has 3 rings (SSSR count). The minimum Gasteiger partial charge on any atom is -0.341 e. The van der Waals surface area contributed by atoms with Crippen LogP contribution < -0.4 is 5.73 Å². The maximum Gasteiger partial charge on any atom is 0.0491 e. The number of unbranched alkanes of at least 4 members (excludes halogenated alkanes) is 1. The Hall–Kier alpha value is -1.80. The van der Waals surface area contributed by atoms with Crippen molar-refractivity contribution < 1.29 is 0 Å². The third kappa shape index (κ3) is 2.44. The van der Waals surface area contributed by atoms with Gasteiger partial charge in [-0.2, -0.15) is 0 Å². The standard InChI is InChI=1S/C19H24N2/c1-3-5-9-17(20)14-11-12-19-16(13-14)15-8-6-7-10-18(15)21(19)4-2/h6-8,10-13,17H,3-5,9,20H2,1-2H3/t17-/m0/s1. The average molecular weight is 280 g/mol. The van der Waals surface area contributed by atoms with E-state index in [0.717, 1.165) is 13.0 Å². The third-order valence-electron chi connectivity index (χ3n) is 4.41. The van der Waals surface area contributed by atoms with E-state index in [4.69, 9.17) is 5.73 Å². The smallest absolute Gasteiger partial charge is 0.0491 e. The molecule has 0 fully saturated rings. The Kier molecular flexibility index (Phi) is 3.98. The van der Waals surface area contributed by atoms with Gasteiger partial charge in [0.2, 0.25) is 0 Å². The molecule has 1 aromatic heterocycles. The van der Waals surface area contributed by atoms with Gasteiger partial charge < -0.3 is 10.3 Å². The Morgan fingerprint density at radius 2 is 1.76 bits per heavy atom. The fourth-order valence-electron chi connectivity index (χ4n) is 3.23. The predicted molar refractivity (Wildman–Crippen MR) is 91.6 cm³/mol. The number of fused-ring (bicyclic) bond motifs is 3. The molecule has 3 aromatic rings. The summed E-state index contributed by atoms with van der Waals surface area (Å²) in [5, 5.41) is 2.66. The van der Waals surface area contributed by atoms with Crippen molar-refractivity contribution in [2.45, 2.75) is 45.7 Å². The summed E-state index contributed by atoms with van der Waals surface area (Å²) in [6.07, 6.45) is 3.45. The maximum absolute atomic E-state index is 6.35. The summed E-state index contributed by atoms with van der Waals surface area (Å²) < 4.78 is 2.38. The molecule has 0 aliphatic carbocycles. The number of aryl methyl sites for hydroxylation is 1. The van der Waals surface area contributed by atoms with Gasteiger partial charge in [0.15, 0.2) is 0 Å². The van der Waals surface area contributed by atoms with Crippen LogP contribution in [-0.2, 0) is 6.54 Å². The molecule has 0 amide bonds. The molecular formula is C19H24N2. The zero-order valence-corrected chi connectivity index (χ0v) is 13.0. The van der Waals surface area contributed by atoms with Gasteiger partial charge in [0.05, 0.1) is 0 Å². The summed E-state index contributed by atoms with van der Waals surface area (Å²) in [6, 6.07) is 15.5. The van der Waals surface area contributed by atoms with Gasteiger partial charge in [-0.05, 0) is 37.1 Å². The lowest BCUT2D eigenvalue weighted by molar-refractivity contribution is 0.604. The highest BCUT2D eigenvalue weighted by Gasteiger charge is 2.12.